The minimum Gasteiger partial charge on any atom is -0.504 e. The molecule has 1 aromatic heterocycles. The second-order valence-corrected chi connectivity index (χ2v) is 26.0. The van der Waals surface area contributed by atoms with E-state index in [0.29, 0.717) is 36.8 Å². The molecule has 632 valence electrons. The third-order valence-electron chi connectivity index (χ3n) is 16.9. The molecule has 3 aromatic carbocycles. The average Bonchev–Trinajstić information content (AvgIpc) is 1.75. The van der Waals surface area contributed by atoms with Crippen molar-refractivity contribution < 1.29 is 136 Å². The zero-order valence-electron chi connectivity index (χ0n) is 63.6. The molecule has 2 unspecified atom stereocenters. The van der Waals surface area contributed by atoms with E-state index >= 15 is 0 Å². The quantitative estimate of drug-likeness (QED) is 0.00904. The van der Waals surface area contributed by atoms with Crippen LogP contribution in [0.4, 0.5) is 0 Å². The topological polar surface area (TPSA) is 588 Å². The number of phenols is 4. The lowest BCUT2D eigenvalue weighted by Crippen LogP contribution is -2.56. The summed E-state index contributed by atoms with van der Waals surface area (Å²) in [6.45, 7) is -1.78. The van der Waals surface area contributed by atoms with Gasteiger partial charge in [0.15, 0.2) is 28.8 Å². The number of aliphatic carboxylic acids is 1. The molecule has 40 heteroatoms. The summed E-state index contributed by atoms with van der Waals surface area (Å²) >= 11 is 0. The summed E-state index contributed by atoms with van der Waals surface area (Å²) in [6, 6.07) is 8.71. The molecule has 115 heavy (non-hydrogen) atoms. The van der Waals surface area contributed by atoms with E-state index < -0.39 is 151 Å². The SMILES string of the molecule is NC(=O)C(Cc1ccc(O)c(O)c1)NC(=O)COCCOCCNC(=O)COCCCOCNC(=O)C(Cc1ccc(O)c(O)c1)NC(=O)COCCOCCNC(=O)COCCOCCCC(=O)[C@H](CO)NC(=O)[C@H](CC(=O)O)NC(=O)[C@@H](CCCCNC(=O)CCN1C(=O)C=CC1=O)NC(=O)CCCc1c[nH]c2ccccc12. The molecule has 1 aliphatic rings. The van der Waals surface area contributed by atoms with E-state index in [0.717, 1.165) is 33.5 Å². The molecule has 5 atom stereocenters. The number of unbranched alkanes of at least 4 members (excludes halogenated alkanes) is 1. The number of H-pyrrole nitrogens is 1. The number of carbonyl (C=O) groups is 14. The molecule has 4 aromatic rings. The molecule has 5 rings (SSSR count). The largest absolute Gasteiger partial charge is 0.504 e. The number of aliphatic hydroxyl groups is 1. The molecule has 0 bridgehead atoms. The van der Waals surface area contributed by atoms with E-state index in [1.165, 1.54) is 36.4 Å². The number of ether oxygens (including phenoxy) is 8. The van der Waals surface area contributed by atoms with Crippen LogP contribution in [0.25, 0.3) is 10.9 Å². The van der Waals surface area contributed by atoms with Crippen molar-refractivity contribution in [2.24, 2.45) is 5.73 Å². The minimum atomic E-state index is -1.75. The van der Waals surface area contributed by atoms with E-state index in [1.807, 2.05) is 30.5 Å². The number of aliphatic hydroxyl groups excluding tert-OH is 1. The van der Waals surface area contributed by atoms with Crippen LogP contribution in [0, 0.1) is 0 Å². The van der Waals surface area contributed by atoms with Gasteiger partial charge in [0.25, 0.3) is 11.8 Å². The normalized spacial score (nSPS) is 13.1. The summed E-state index contributed by atoms with van der Waals surface area (Å²) in [6.07, 6.45) is 4.60. The Morgan fingerprint density at radius 3 is 1.56 bits per heavy atom. The number of ketones is 1. The fourth-order valence-electron chi connectivity index (χ4n) is 10.9. The third kappa shape index (κ3) is 38.4. The molecular weight excluding hydrogens is 1520 g/mol. The van der Waals surface area contributed by atoms with E-state index in [2.05, 4.69) is 52.8 Å². The molecule has 0 saturated carbocycles. The highest BCUT2D eigenvalue weighted by Gasteiger charge is 2.32. The van der Waals surface area contributed by atoms with Gasteiger partial charge < -0.3 is 127 Å². The number of hydrogen-bond acceptors (Lipinski definition) is 27. The van der Waals surface area contributed by atoms with Crippen LogP contribution >= 0.6 is 0 Å². The van der Waals surface area contributed by atoms with E-state index in [4.69, 9.17) is 43.6 Å². The first kappa shape index (κ1) is 94.4. The summed E-state index contributed by atoms with van der Waals surface area (Å²) in [7, 11) is 0. The van der Waals surface area contributed by atoms with Gasteiger partial charge in [-0.05, 0) is 92.0 Å². The van der Waals surface area contributed by atoms with Crippen molar-refractivity contribution in [2.75, 3.05) is 139 Å². The van der Waals surface area contributed by atoms with Gasteiger partial charge >= 0.3 is 5.97 Å². The zero-order chi connectivity index (χ0) is 83.7. The number of aromatic hydroxyl groups is 4. The number of aromatic nitrogens is 1. The number of rotatable bonds is 62. The van der Waals surface area contributed by atoms with Crippen molar-refractivity contribution >= 4 is 93.5 Å². The number of para-hydroxylation sites is 1. The number of Topliss-reactive ketones (excluding diaryl/α,β-unsaturated/α-hetero) is 1. The smallest absolute Gasteiger partial charge is 0.305 e. The van der Waals surface area contributed by atoms with Crippen LogP contribution in [-0.4, -0.2) is 292 Å². The second-order valence-electron chi connectivity index (χ2n) is 26.0. The Morgan fingerprint density at radius 1 is 0.452 bits per heavy atom. The first-order valence-electron chi connectivity index (χ1n) is 37.2. The van der Waals surface area contributed by atoms with Crippen molar-refractivity contribution in [1.82, 2.24) is 57.7 Å². The first-order chi connectivity index (χ1) is 55.3. The maximum Gasteiger partial charge on any atom is 0.305 e. The molecule has 0 saturated heterocycles. The van der Waals surface area contributed by atoms with E-state index in [9.17, 15) is 97.8 Å². The molecule has 40 nitrogen and oxygen atoms in total. The van der Waals surface area contributed by atoms with Gasteiger partial charge in [0, 0.05) is 101 Å². The van der Waals surface area contributed by atoms with Crippen molar-refractivity contribution in [1.29, 1.82) is 0 Å². The average molecular weight is 1620 g/mol. The maximum atomic E-state index is 13.8. The molecule has 0 spiro atoms. The molecule has 0 radical (unpaired) electrons. The van der Waals surface area contributed by atoms with Gasteiger partial charge in [-0.1, -0.05) is 30.3 Å². The molecule has 0 aliphatic carbocycles. The lowest BCUT2D eigenvalue weighted by molar-refractivity contribution is -0.141. The third-order valence-corrected chi connectivity index (χ3v) is 16.9. The van der Waals surface area contributed by atoms with Crippen LogP contribution in [0.5, 0.6) is 23.0 Å². The highest BCUT2D eigenvalue weighted by molar-refractivity contribution is 6.13. The van der Waals surface area contributed by atoms with Crippen LogP contribution in [-0.2, 0) is 124 Å². The number of hydrogen-bond donors (Lipinski definition) is 17. The van der Waals surface area contributed by atoms with Crippen molar-refractivity contribution in [2.45, 2.75) is 114 Å². The van der Waals surface area contributed by atoms with Crippen molar-refractivity contribution in [3.05, 3.63) is 95.7 Å². The Kier molecular flexibility index (Phi) is 44.1. The van der Waals surface area contributed by atoms with Gasteiger partial charge in [0.05, 0.1) is 72.5 Å². The van der Waals surface area contributed by atoms with E-state index in [-0.39, 0.29) is 182 Å². The van der Waals surface area contributed by atoms with E-state index in [1.54, 1.807) is 0 Å². The summed E-state index contributed by atoms with van der Waals surface area (Å²) in [4.78, 5) is 181. The Balaban J connectivity index is 0.881. The number of nitrogens with two attached hydrogens (primary N) is 1. The van der Waals surface area contributed by atoms with Gasteiger partial charge in [0.2, 0.25) is 59.1 Å². The number of nitrogens with zero attached hydrogens (tertiary/aromatic N) is 1. The van der Waals surface area contributed by atoms with Gasteiger partial charge in [-0.2, -0.15) is 0 Å². The van der Waals surface area contributed by atoms with Crippen LogP contribution in [0.2, 0.25) is 0 Å². The minimum absolute atomic E-state index is 0.00405. The number of carbonyl (C=O) groups excluding carboxylic acids is 13. The molecule has 12 amide bonds. The Hall–Kier alpha value is -11.2. The number of imide groups is 1. The predicted octanol–water partition coefficient (Wildman–Crippen LogP) is -3.05. The summed E-state index contributed by atoms with van der Waals surface area (Å²) < 4.78 is 43.2. The van der Waals surface area contributed by atoms with Gasteiger partial charge in [-0.25, -0.2) is 0 Å². The number of carboxylic acid groups (broad SMARTS) is 1. The number of carboxylic acids is 1. The first-order valence-corrected chi connectivity index (χ1v) is 37.2. The molecular formula is C75H104N12O28. The van der Waals surface area contributed by atoms with Gasteiger partial charge in [0.1, 0.15) is 63.4 Å². The number of nitrogens with one attached hydrogen (secondary N) is 10. The number of primary amides is 1. The number of benzene rings is 3. The lowest BCUT2D eigenvalue weighted by Gasteiger charge is -2.24. The molecule has 2 heterocycles. The molecule has 1 aliphatic heterocycles. The fraction of sp³-hybridized carbons (Fsp3) is 0.520. The monoisotopic (exact) mass is 1620 g/mol. The second kappa shape index (κ2) is 53.7. The van der Waals surface area contributed by atoms with Gasteiger partial charge in [-0.15, -0.1) is 0 Å². The molecule has 18 N–H and O–H groups in total. The predicted molar refractivity (Wildman–Crippen MR) is 403 cm³/mol. The number of aryl methyl sites for hydroxylation is 1. The van der Waals surface area contributed by atoms with Crippen molar-refractivity contribution in [3.63, 3.8) is 0 Å². The molecule has 0 fully saturated rings. The number of fused-ring (bicyclic) bond motifs is 1. The standard InChI is InChI=1S/C75H104N12O28/c76-72(104)54(36-48-14-16-59(90)61(92)38-48)83-67(98)45-113-34-31-109-28-22-78-65(96)43-111-26-7-27-115-47-81-73(105)55(37-49-15-17-60(91)62(93)39-49)84-68(99)46-114-35-32-110-29-23-79-66(97)44-112-33-30-108-25-6-12-58(89)57(42-88)86-75(107)56(40-71(102)103)85-74(106)53(11-3-4-21-77-63(94)20-24-87-69(100)18-19-70(87)101)82-64(95)13-5-8-50-41-80-52-10-2-1-9-51(50)52/h1-2,9-10,14-19,38-39,41,53-57,80,88,90-93H,3-8,11-13,20-37,40,42-47H2,(H2,76,104)(H,77,94)(H,78,96)(H,79,97)(H,81,105)(H,82,95)(H,83,98)(H,84,99)(H,85,106)(H,86,107)(H,102,103)/t53-,54?,55?,56+,57+/m1/s1. The van der Waals surface area contributed by atoms with Crippen LogP contribution in [0.3, 0.4) is 0 Å². The maximum absolute atomic E-state index is 13.8. The Bertz CT molecular complexity index is 3860. The highest BCUT2D eigenvalue weighted by atomic mass is 16.5. The summed E-state index contributed by atoms with van der Waals surface area (Å²) in [5, 5.41) is 82.6. The fourth-order valence-corrected chi connectivity index (χ4v) is 10.9. The van der Waals surface area contributed by atoms with Gasteiger partial charge in [-0.3, -0.25) is 72.0 Å². The van der Waals surface area contributed by atoms with Crippen LogP contribution in [0.15, 0.2) is 79.0 Å². The Morgan fingerprint density at radius 2 is 0.965 bits per heavy atom. The Labute approximate surface area is 661 Å². The lowest BCUT2D eigenvalue weighted by atomic mass is 10.0. The number of aromatic amines is 1. The summed E-state index contributed by atoms with van der Waals surface area (Å²) in [5.74, 6) is -11.3. The number of phenolic OH excluding ortho intramolecular Hbond substituents is 4. The van der Waals surface area contributed by atoms with Crippen LogP contribution < -0.4 is 53.6 Å². The van der Waals surface area contributed by atoms with Crippen LogP contribution in [0.1, 0.15) is 80.9 Å². The van der Waals surface area contributed by atoms with Crippen molar-refractivity contribution in [3.8, 4) is 23.0 Å². The summed E-state index contributed by atoms with van der Waals surface area (Å²) in [5.41, 5.74) is 8.15. The zero-order valence-corrected chi connectivity index (χ0v) is 63.6. The highest BCUT2D eigenvalue weighted by Crippen LogP contribution is 2.27. The number of amides is 12.